The lowest BCUT2D eigenvalue weighted by Crippen LogP contribution is -1.95. The molecular formula is C13H9BrClFO. The molecule has 0 N–H and O–H groups in total. The van der Waals surface area contributed by atoms with E-state index in [1.165, 1.54) is 12.1 Å². The summed E-state index contributed by atoms with van der Waals surface area (Å²) in [7, 11) is 0. The quantitative estimate of drug-likeness (QED) is 0.789. The second kappa shape index (κ2) is 5.52. The molecular weight excluding hydrogens is 306 g/mol. The Labute approximate surface area is 112 Å². The Bertz CT molecular complexity index is 531. The molecule has 0 radical (unpaired) electrons. The van der Waals surface area contributed by atoms with Gasteiger partial charge < -0.3 is 4.74 Å². The lowest BCUT2D eigenvalue weighted by atomic mass is 10.2. The van der Waals surface area contributed by atoms with Crippen LogP contribution in [0.1, 0.15) is 5.56 Å². The average molecular weight is 316 g/mol. The molecule has 0 heterocycles. The first kappa shape index (κ1) is 12.4. The molecule has 2 rings (SSSR count). The zero-order chi connectivity index (χ0) is 12.3. The van der Waals surface area contributed by atoms with Crippen LogP contribution in [-0.4, -0.2) is 0 Å². The van der Waals surface area contributed by atoms with Gasteiger partial charge in [-0.2, -0.15) is 0 Å². The molecule has 2 aromatic carbocycles. The summed E-state index contributed by atoms with van der Waals surface area (Å²) in [5.41, 5.74) is 0.933. The lowest BCUT2D eigenvalue weighted by molar-refractivity contribution is 0.304. The molecule has 0 aliphatic heterocycles. The SMILES string of the molecule is Fc1cccc(OCc2ccc(Br)c(Cl)c2)c1. The fraction of sp³-hybridized carbons (Fsp3) is 0.0769. The summed E-state index contributed by atoms with van der Waals surface area (Å²) in [4.78, 5) is 0. The van der Waals surface area contributed by atoms with Crippen LogP contribution in [0.25, 0.3) is 0 Å². The Morgan fingerprint density at radius 3 is 2.71 bits per heavy atom. The van der Waals surface area contributed by atoms with Crippen LogP contribution in [0.5, 0.6) is 5.75 Å². The Hall–Kier alpha value is -1.06. The maximum Gasteiger partial charge on any atom is 0.126 e. The monoisotopic (exact) mass is 314 g/mol. The van der Waals surface area contributed by atoms with Gasteiger partial charge in [-0.1, -0.05) is 23.7 Å². The van der Waals surface area contributed by atoms with E-state index >= 15 is 0 Å². The van der Waals surface area contributed by atoms with Gasteiger partial charge in [0, 0.05) is 10.5 Å². The standard InChI is InChI=1S/C13H9BrClFO/c14-12-5-4-9(6-13(12)15)8-17-11-3-1-2-10(16)7-11/h1-7H,8H2. The Morgan fingerprint density at radius 1 is 1.18 bits per heavy atom. The normalized spacial score (nSPS) is 10.3. The molecule has 0 spiro atoms. The summed E-state index contributed by atoms with van der Waals surface area (Å²) < 4.78 is 19.2. The highest BCUT2D eigenvalue weighted by Gasteiger charge is 2.01. The van der Waals surface area contributed by atoms with Crippen molar-refractivity contribution in [1.82, 2.24) is 0 Å². The Morgan fingerprint density at radius 2 is 2.00 bits per heavy atom. The molecule has 0 saturated heterocycles. The maximum atomic E-state index is 12.9. The van der Waals surface area contributed by atoms with Crippen LogP contribution in [0.3, 0.4) is 0 Å². The maximum absolute atomic E-state index is 12.9. The predicted molar refractivity (Wildman–Crippen MR) is 69.9 cm³/mol. The van der Waals surface area contributed by atoms with Crippen LogP contribution >= 0.6 is 27.5 Å². The third-order valence-corrected chi connectivity index (χ3v) is 3.42. The molecule has 0 atom stereocenters. The van der Waals surface area contributed by atoms with Gasteiger partial charge in [-0.05, 0) is 45.8 Å². The number of hydrogen-bond donors (Lipinski definition) is 0. The summed E-state index contributed by atoms with van der Waals surface area (Å²) in [5, 5.41) is 0.630. The van der Waals surface area contributed by atoms with Gasteiger partial charge in [0.05, 0.1) is 5.02 Å². The second-order valence-electron chi connectivity index (χ2n) is 3.49. The Kier molecular flexibility index (Phi) is 4.02. The fourth-order valence-electron chi connectivity index (χ4n) is 1.35. The van der Waals surface area contributed by atoms with Crippen molar-refractivity contribution < 1.29 is 9.13 Å². The van der Waals surface area contributed by atoms with Crippen LogP contribution in [0.2, 0.25) is 5.02 Å². The van der Waals surface area contributed by atoms with Crippen molar-refractivity contribution >= 4 is 27.5 Å². The van der Waals surface area contributed by atoms with Crippen molar-refractivity contribution in [3.63, 3.8) is 0 Å². The molecule has 88 valence electrons. The Balaban J connectivity index is 2.05. The topological polar surface area (TPSA) is 9.23 Å². The first-order valence-electron chi connectivity index (χ1n) is 4.97. The number of ether oxygens (including phenoxy) is 1. The van der Waals surface area contributed by atoms with Crippen LogP contribution in [0.15, 0.2) is 46.9 Å². The lowest BCUT2D eigenvalue weighted by Gasteiger charge is -2.07. The van der Waals surface area contributed by atoms with Gasteiger partial charge in [-0.15, -0.1) is 0 Å². The summed E-state index contributed by atoms with van der Waals surface area (Å²) in [5.74, 6) is 0.195. The molecule has 0 aliphatic rings. The molecule has 4 heteroatoms. The molecule has 0 fully saturated rings. The molecule has 2 aromatic rings. The molecule has 0 unspecified atom stereocenters. The summed E-state index contributed by atoms with van der Waals surface area (Å²) in [6.07, 6.45) is 0. The molecule has 17 heavy (non-hydrogen) atoms. The van der Waals surface area contributed by atoms with E-state index in [1.54, 1.807) is 12.1 Å². The minimum Gasteiger partial charge on any atom is -0.489 e. The van der Waals surface area contributed by atoms with Gasteiger partial charge in [0.1, 0.15) is 18.2 Å². The van der Waals surface area contributed by atoms with Gasteiger partial charge in [-0.3, -0.25) is 0 Å². The van der Waals surface area contributed by atoms with Crippen molar-refractivity contribution in [2.45, 2.75) is 6.61 Å². The van der Waals surface area contributed by atoms with E-state index in [0.717, 1.165) is 10.0 Å². The third kappa shape index (κ3) is 3.45. The largest absolute Gasteiger partial charge is 0.489 e. The zero-order valence-corrected chi connectivity index (χ0v) is 11.1. The molecule has 1 nitrogen and oxygen atoms in total. The van der Waals surface area contributed by atoms with E-state index in [9.17, 15) is 4.39 Å². The van der Waals surface area contributed by atoms with Crippen molar-refractivity contribution in [2.24, 2.45) is 0 Å². The second-order valence-corrected chi connectivity index (χ2v) is 4.76. The number of hydrogen-bond acceptors (Lipinski definition) is 1. The van der Waals surface area contributed by atoms with Crippen molar-refractivity contribution in [2.75, 3.05) is 0 Å². The van der Waals surface area contributed by atoms with Gasteiger partial charge in [-0.25, -0.2) is 4.39 Å². The molecule has 0 aromatic heterocycles. The smallest absolute Gasteiger partial charge is 0.126 e. The number of benzene rings is 2. The van der Waals surface area contributed by atoms with Gasteiger partial charge >= 0.3 is 0 Å². The van der Waals surface area contributed by atoms with E-state index in [4.69, 9.17) is 16.3 Å². The van der Waals surface area contributed by atoms with Crippen LogP contribution in [-0.2, 0) is 6.61 Å². The minimum atomic E-state index is -0.309. The fourth-order valence-corrected chi connectivity index (χ4v) is 1.80. The highest BCUT2D eigenvalue weighted by Crippen LogP contribution is 2.24. The van der Waals surface area contributed by atoms with Gasteiger partial charge in [0.15, 0.2) is 0 Å². The molecule has 0 bridgehead atoms. The first-order valence-corrected chi connectivity index (χ1v) is 6.14. The van der Waals surface area contributed by atoms with E-state index in [1.807, 2.05) is 18.2 Å². The van der Waals surface area contributed by atoms with Crippen LogP contribution in [0, 0.1) is 5.82 Å². The molecule has 0 amide bonds. The van der Waals surface area contributed by atoms with E-state index < -0.39 is 0 Å². The van der Waals surface area contributed by atoms with Crippen molar-refractivity contribution in [1.29, 1.82) is 0 Å². The van der Waals surface area contributed by atoms with Gasteiger partial charge in [0.2, 0.25) is 0 Å². The zero-order valence-electron chi connectivity index (χ0n) is 8.79. The highest BCUT2D eigenvalue weighted by atomic mass is 79.9. The summed E-state index contributed by atoms with van der Waals surface area (Å²) >= 11 is 9.27. The highest BCUT2D eigenvalue weighted by molar-refractivity contribution is 9.10. The van der Waals surface area contributed by atoms with Crippen LogP contribution < -0.4 is 4.74 Å². The van der Waals surface area contributed by atoms with Gasteiger partial charge in [0.25, 0.3) is 0 Å². The molecule has 0 saturated carbocycles. The number of halogens is 3. The van der Waals surface area contributed by atoms with Crippen molar-refractivity contribution in [3.05, 3.63) is 63.3 Å². The predicted octanol–water partition coefficient (Wildman–Crippen LogP) is 4.82. The van der Waals surface area contributed by atoms with E-state index in [0.29, 0.717) is 17.4 Å². The minimum absolute atomic E-state index is 0.309. The number of rotatable bonds is 3. The summed E-state index contributed by atoms with van der Waals surface area (Å²) in [6, 6.07) is 11.6. The van der Waals surface area contributed by atoms with E-state index in [2.05, 4.69) is 15.9 Å². The summed E-state index contributed by atoms with van der Waals surface area (Å²) in [6.45, 7) is 0.358. The molecule has 0 aliphatic carbocycles. The van der Waals surface area contributed by atoms with Crippen molar-refractivity contribution in [3.8, 4) is 5.75 Å². The first-order chi connectivity index (χ1) is 8.15. The van der Waals surface area contributed by atoms with Crippen LogP contribution in [0.4, 0.5) is 4.39 Å². The third-order valence-electron chi connectivity index (χ3n) is 2.19. The average Bonchev–Trinajstić information content (AvgIpc) is 2.31. The van der Waals surface area contributed by atoms with E-state index in [-0.39, 0.29) is 5.82 Å².